The average molecular weight is 645 g/mol. The lowest BCUT2D eigenvalue weighted by molar-refractivity contribution is -0.141. The van der Waals surface area contributed by atoms with Crippen LogP contribution in [-0.4, -0.2) is 52.1 Å². The molecule has 1 aliphatic rings. The largest absolute Gasteiger partial charge is 0.493 e. The molecular weight excluding hydrogens is 601 g/mol. The molecule has 3 aromatic rings. The van der Waals surface area contributed by atoms with E-state index >= 15 is 0 Å². The third-order valence-corrected chi connectivity index (χ3v) is 11.9. The number of benzene rings is 2. The highest BCUT2D eigenvalue weighted by molar-refractivity contribution is 6.89. The molecule has 1 N–H and O–H groups in total. The van der Waals surface area contributed by atoms with Crippen molar-refractivity contribution in [3.63, 3.8) is 0 Å². The highest BCUT2D eigenvalue weighted by Gasteiger charge is 2.34. The van der Waals surface area contributed by atoms with Crippen molar-refractivity contribution in [3.8, 4) is 11.5 Å². The van der Waals surface area contributed by atoms with Crippen LogP contribution in [0.3, 0.4) is 0 Å². The summed E-state index contributed by atoms with van der Waals surface area (Å²) in [6, 6.07) is 17.4. The van der Waals surface area contributed by atoms with Gasteiger partial charge in [-0.2, -0.15) is 0 Å². The minimum Gasteiger partial charge on any atom is -0.493 e. The van der Waals surface area contributed by atoms with Crippen LogP contribution >= 0.6 is 0 Å². The second-order valence-corrected chi connectivity index (χ2v) is 23.7. The average Bonchev–Trinajstić information content (AvgIpc) is 3.83. The molecule has 0 bridgehead atoms. The van der Waals surface area contributed by atoms with Crippen molar-refractivity contribution in [2.75, 3.05) is 7.11 Å². The number of rotatable bonds is 11. The quantitative estimate of drug-likeness (QED) is 0.164. The van der Waals surface area contributed by atoms with Gasteiger partial charge in [-0.1, -0.05) is 98.2 Å². The summed E-state index contributed by atoms with van der Waals surface area (Å²) in [5.74, 6) is -1.42. The molecule has 1 unspecified atom stereocenters. The van der Waals surface area contributed by atoms with Crippen LogP contribution in [0.1, 0.15) is 48.3 Å². The molecule has 238 valence electrons. The Hall–Kier alpha value is -4.03. The number of methoxy groups -OCH3 is 1. The van der Waals surface area contributed by atoms with Crippen LogP contribution in [0, 0.1) is 5.92 Å². The number of carbonyl (C=O) groups is 3. The van der Waals surface area contributed by atoms with Crippen molar-refractivity contribution < 1.29 is 28.6 Å². The fourth-order valence-corrected chi connectivity index (χ4v) is 7.15. The molecule has 2 aromatic carbocycles. The van der Waals surface area contributed by atoms with E-state index in [0.29, 0.717) is 5.76 Å². The van der Waals surface area contributed by atoms with E-state index in [1.54, 1.807) is 6.92 Å². The Bertz CT molecular complexity index is 1540. The third-order valence-electron chi connectivity index (χ3n) is 7.80. The monoisotopic (exact) mass is 644 g/mol. The molecule has 0 radical (unpaired) electrons. The first kappa shape index (κ1) is 33.9. The molecule has 0 spiro atoms. The first-order valence-electron chi connectivity index (χ1n) is 15.3. The zero-order valence-corrected chi connectivity index (χ0v) is 29.7. The number of allylic oxidation sites excluding steroid dienone is 1. The molecule has 1 amide bonds. The van der Waals surface area contributed by atoms with Gasteiger partial charge >= 0.3 is 11.9 Å². The first-order valence-corrected chi connectivity index (χ1v) is 22.3. The van der Waals surface area contributed by atoms with Gasteiger partial charge in [0.25, 0.3) is 5.91 Å². The molecule has 1 atom stereocenters. The second kappa shape index (κ2) is 13.5. The zero-order chi connectivity index (χ0) is 33.1. The van der Waals surface area contributed by atoms with Gasteiger partial charge < -0.3 is 19.5 Å². The summed E-state index contributed by atoms with van der Waals surface area (Å²) in [6.07, 6.45) is 2.86. The number of pyridine rings is 1. The molecular formula is C35H44N2O6Si2. The molecule has 1 heterocycles. The van der Waals surface area contributed by atoms with E-state index in [9.17, 15) is 14.4 Å². The highest BCUT2D eigenvalue weighted by Crippen LogP contribution is 2.35. The van der Waals surface area contributed by atoms with Gasteiger partial charge in [0.15, 0.2) is 11.4 Å². The van der Waals surface area contributed by atoms with Gasteiger partial charge in [0.2, 0.25) is 5.75 Å². The van der Waals surface area contributed by atoms with Crippen molar-refractivity contribution >= 4 is 49.9 Å². The molecule has 10 heteroatoms. The van der Waals surface area contributed by atoms with Crippen molar-refractivity contribution in [3.05, 3.63) is 83.4 Å². The predicted molar refractivity (Wildman–Crippen MR) is 183 cm³/mol. The second-order valence-electron chi connectivity index (χ2n) is 13.6. The minimum absolute atomic E-state index is 0.0724. The Balaban J connectivity index is 1.60. The van der Waals surface area contributed by atoms with Crippen molar-refractivity contribution in [1.82, 2.24) is 10.3 Å². The molecule has 1 saturated carbocycles. The summed E-state index contributed by atoms with van der Waals surface area (Å²) >= 11 is 0. The van der Waals surface area contributed by atoms with Gasteiger partial charge in [-0.3, -0.25) is 9.59 Å². The van der Waals surface area contributed by atoms with Crippen LogP contribution in [0.25, 0.3) is 5.57 Å². The SMILES string of the molecule is COc1ccnc(C(=O)NC(C)C(=O)OC(C)=C(c2ccc([Si](C)(C)C)cc2)c2ccc([Si](C)(C)C)cc2)c1OC(=O)C1CC1. The fourth-order valence-electron chi connectivity index (χ4n) is 4.82. The van der Waals surface area contributed by atoms with Crippen molar-refractivity contribution in [2.24, 2.45) is 5.92 Å². The number of hydrogen-bond donors (Lipinski definition) is 1. The standard InChI is InChI=1S/C35H44N2O6Si2/c1-22(37-33(38)31-32(29(41-3)20-21-36-31)43-35(40)26-10-11-26)34(39)42-23(2)30(24-12-16-27(17-13-24)44(4,5)6)25-14-18-28(19-15-25)45(7,8)9/h12-22,26H,10-11H2,1-9H3,(H,37,38). The lowest BCUT2D eigenvalue weighted by Crippen LogP contribution is -2.40. The molecule has 8 nitrogen and oxygen atoms in total. The number of esters is 2. The number of nitrogens with one attached hydrogen (secondary N) is 1. The summed E-state index contributed by atoms with van der Waals surface area (Å²) < 4.78 is 16.7. The highest BCUT2D eigenvalue weighted by atomic mass is 28.3. The number of aromatic nitrogens is 1. The van der Waals surface area contributed by atoms with Gasteiger partial charge in [-0.25, -0.2) is 9.78 Å². The van der Waals surface area contributed by atoms with Crippen LogP contribution < -0.4 is 25.2 Å². The van der Waals surface area contributed by atoms with Crippen LogP contribution in [0.15, 0.2) is 66.6 Å². The van der Waals surface area contributed by atoms with E-state index < -0.39 is 40.0 Å². The van der Waals surface area contributed by atoms with Crippen molar-refractivity contribution in [1.29, 1.82) is 0 Å². The number of ether oxygens (including phenoxy) is 3. The van der Waals surface area contributed by atoms with Gasteiger partial charge in [0.1, 0.15) is 11.8 Å². The summed E-state index contributed by atoms with van der Waals surface area (Å²) in [5.41, 5.74) is 2.51. The molecule has 1 fully saturated rings. The van der Waals surface area contributed by atoms with Crippen LogP contribution in [0.4, 0.5) is 0 Å². The van der Waals surface area contributed by atoms with Gasteiger partial charge in [0.05, 0.1) is 29.2 Å². The lowest BCUT2D eigenvalue weighted by Gasteiger charge is -2.21. The number of hydrogen-bond acceptors (Lipinski definition) is 7. The minimum atomic E-state index is -1.51. The Morgan fingerprint density at radius 2 is 1.36 bits per heavy atom. The molecule has 45 heavy (non-hydrogen) atoms. The maximum absolute atomic E-state index is 13.4. The maximum Gasteiger partial charge on any atom is 0.333 e. The zero-order valence-electron chi connectivity index (χ0n) is 27.7. The fraction of sp³-hybridized carbons (Fsp3) is 0.371. The summed E-state index contributed by atoms with van der Waals surface area (Å²) in [6.45, 7) is 17.1. The third kappa shape index (κ3) is 8.37. The first-order chi connectivity index (χ1) is 21.1. The van der Waals surface area contributed by atoms with E-state index in [1.807, 2.05) is 0 Å². The van der Waals surface area contributed by atoms with Gasteiger partial charge in [-0.15, -0.1) is 0 Å². The Morgan fingerprint density at radius 1 is 0.844 bits per heavy atom. The smallest absolute Gasteiger partial charge is 0.333 e. The van der Waals surface area contributed by atoms with E-state index in [4.69, 9.17) is 14.2 Å². The molecule has 0 aliphatic heterocycles. The molecule has 4 rings (SSSR count). The van der Waals surface area contributed by atoms with E-state index in [-0.39, 0.29) is 23.1 Å². The molecule has 0 saturated heterocycles. The van der Waals surface area contributed by atoms with Gasteiger partial charge in [0, 0.05) is 17.8 Å². The van der Waals surface area contributed by atoms with E-state index in [1.165, 1.54) is 36.7 Å². The molecule has 1 aromatic heterocycles. The van der Waals surface area contributed by atoms with E-state index in [2.05, 4.69) is 98.1 Å². The van der Waals surface area contributed by atoms with E-state index in [0.717, 1.165) is 29.5 Å². The number of carbonyl (C=O) groups excluding carboxylic acids is 3. The van der Waals surface area contributed by atoms with Gasteiger partial charge in [-0.05, 0) is 37.8 Å². The number of amides is 1. The maximum atomic E-state index is 13.4. The Labute approximate surface area is 268 Å². The van der Waals surface area contributed by atoms with Crippen LogP contribution in [-0.2, 0) is 14.3 Å². The lowest BCUT2D eigenvalue weighted by atomic mass is 9.97. The summed E-state index contributed by atoms with van der Waals surface area (Å²) in [7, 11) is -1.61. The van der Waals surface area contributed by atoms with Crippen LogP contribution in [0.5, 0.6) is 11.5 Å². The Kier molecular flexibility index (Phi) is 10.2. The summed E-state index contributed by atoms with van der Waals surface area (Å²) in [4.78, 5) is 43.1. The molecule has 1 aliphatic carbocycles. The van der Waals surface area contributed by atoms with Crippen LogP contribution in [0.2, 0.25) is 39.3 Å². The normalized spacial score (nSPS) is 13.8. The van der Waals surface area contributed by atoms with Crippen molar-refractivity contribution in [2.45, 2.75) is 72.0 Å². The Morgan fingerprint density at radius 3 is 1.80 bits per heavy atom. The topological polar surface area (TPSA) is 104 Å². The predicted octanol–water partition coefficient (Wildman–Crippen LogP) is 5.64. The number of nitrogens with zero attached hydrogens (tertiary/aromatic N) is 1. The summed E-state index contributed by atoms with van der Waals surface area (Å²) in [5, 5.41) is 5.31.